The van der Waals surface area contributed by atoms with Gasteiger partial charge in [0.05, 0.1) is 18.8 Å². The molecule has 8 heteroatoms. The monoisotopic (exact) mass is 368 g/mol. The summed E-state index contributed by atoms with van der Waals surface area (Å²) >= 11 is 6.01. The molecule has 0 spiro atoms. The molecular weight excluding hydrogens is 356 g/mol. The predicted octanol–water partition coefficient (Wildman–Crippen LogP) is 2.72. The summed E-state index contributed by atoms with van der Waals surface area (Å²) in [5.41, 5.74) is 0.797. The molecule has 0 amide bonds. The molecule has 2 aromatic carbocycles. The second-order valence-corrected chi connectivity index (χ2v) is 6.03. The zero-order valence-corrected chi connectivity index (χ0v) is 14.4. The molecule has 0 atom stereocenters. The molecule has 2 heterocycles. The Morgan fingerprint density at radius 3 is 2.73 bits per heavy atom. The molecule has 2 aromatic heterocycles. The second kappa shape index (κ2) is 6.20. The fourth-order valence-corrected chi connectivity index (χ4v) is 2.98. The van der Waals surface area contributed by atoms with Crippen LogP contribution in [-0.4, -0.2) is 28.0 Å². The van der Waals surface area contributed by atoms with Crippen LogP contribution in [0.2, 0.25) is 5.02 Å². The average Bonchev–Trinajstić information content (AvgIpc) is 3.00. The van der Waals surface area contributed by atoms with Crippen molar-refractivity contribution in [1.29, 1.82) is 0 Å². The van der Waals surface area contributed by atoms with Gasteiger partial charge in [0.25, 0.3) is 0 Å². The quantitative estimate of drug-likeness (QED) is 0.544. The van der Waals surface area contributed by atoms with Crippen molar-refractivity contribution >= 4 is 39.8 Å². The van der Waals surface area contributed by atoms with Gasteiger partial charge >= 0.3 is 11.2 Å². The summed E-state index contributed by atoms with van der Waals surface area (Å²) in [6, 6.07) is 12.3. The normalized spacial score (nSPS) is 11.6. The number of halogens is 1. The lowest BCUT2D eigenvalue weighted by atomic mass is 10.2. The predicted molar refractivity (Wildman–Crippen MR) is 102 cm³/mol. The number of H-pyrrole nitrogens is 2. The molecule has 2 N–H and O–H groups in total. The molecule has 0 fully saturated rings. The molecule has 26 heavy (non-hydrogen) atoms. The summed E-state index contributed by atoms with van der Waals surface area (Å²) in [6.07, 6.45) is 1.40. The first-order chi connectivity index (χ1) is 12.6. The van der Waals surface area contributed by atoms with Gasteiger partial charge in [-0.2, -0.15) is 5.10 Å². The van der Waals surface area contributed by atoms with E-state index in [1.807, 2.05) is 12.1 Å². The lowest BCUT2D eigenvalue weighted by Gasteiger charge is -2.03. The van der Waals surface area contributed by atoms with E-state index < -0.39 is 11.2 Å². The topological polar surface area (TPSA) is 92.2 Å². The summed E-state index contributed by atoms with van der Waals surface area (Å²) in [7, 11) is 1.54. The number of hydrogen-bond donors (Lipinski definition) is 2. The minimum Gasteiger partial charge on any atom is -0.496 e. The number of nitrogens with zero attached hydrogens (tertiary/aromatic N) is 2. The molecule has 0 radical (unpaired) electrons. The SMILES string of the molecule is COc1ccccc1/C=N\n1c(=O)[nH]c2c([nH]c3ccc(Cl)cc32)c1=O. The van der Waals surface area contributed by atoms with Gasteiger partial charge < -0.3 is 14.7 Å². The third-order valence-corrected chi connectivity index (χ3v) is 4.28. The third kappa shape index (κ3) is 2.58. The summed E-state index contributed by atoms with van der Waals surface area (Å²) in [4.78, 5) is 30.8. The smallest absolute Gasteiger partial charge is 0.350 e. The Balaban J connectivity index is 1.91. The Kier molecular flexibility index (Phi) is 3.85. The number of methoxy groups -OCH3 is 1. The van der Waals surface area contributed by atoms with E-state index in [1.165, 1.54) is 13.3 Å². The lowest BCUT2D eigenvalue weighted by Crippen LogP contribution is -2.32. The maximum absolute atomic E-state index is 12.7. The van der Waals surface area contributed by atoms with Crippen molar-refractivity contribution in [3.8, 4) is 5.75 Å². The number of fused-ring (bicyclic) bond motifs is 3. The van der Waals surface area contributed by atoms with Crippen molar-refractivity contribution in [2.24, 2.45) is 5.10 Å². The van der Waals surface area contributed by atoms with Crippen LogP contribution in [-0.2, 0) is 0 Å². The molecule has 0 aliphatic heterocycles. The van der Waals surface area contributed by atoms with Crippen LogP contribution in [0.5, 0.6) is 5.75 Å². The third-order valence-electron chi connectivity index (χ3n) is 4.04. The average molecular weight is 369 g/mol. The van der Waals surface area contributed by atoms with Crippen molar-refractivity contribution in [2.75, 3.05) is 7.11 Å². The van der Waals surface area contributed by atoms with E-state index in [0.717, 1.165) is 4.68 Å². The molecule has 0 aliphatic carbocycles. The number of nitrogens with one attached hydrogen (secondary N) is 2. The lowest BCUT2D eigenvalue weighted by molar-refractivity contribution is 0.414. The van der Waals surface area contributed by atoms with Gasteiger partial charge in [-0.25, -0.2) is 4.79 Å². The van der Waals surface area contributed by atoms with E-state index in [2.05, 4.69) is 15.1 Å². The minimum atomic E-state index is -0.644. The molecular formula is C18H13ClN4O3. The summed E-state index contributed by atoms with van der Waals surface area (Å²) in [6.45, 7) is 0. The minimum absolute atomic E-state index is 0.249. The van der Waals surface area contributed by atoms with Crippen molar-refractivity contribution in [2.45, 2.75) is 0 Å². The van der Waals surface area contributed by atoms with Crippen molar-refractivity contribution in [1.82, 2.24) is 14.6 Å². The van der Waals surface area contributed by atoms with Crippen LogP contribution >= 0.6 is 11.6 Å². The highest BCUT2D eigenvalue weighted by Crippen LogP contribution is 2.24. The molecule has 0 saturated heterocycles. The van der Waals surface area contributed by atoms with E-state index in [4.69, 9.17) is 16.3 Å². The van der Waals surface area contributed by atoms with Crippen LogP contribution in [0.25, 0.3) is 21.9 Å². The number of aromatic amines is 2. The number of benzene rings is 2. The Hall–Kier alpha value is -3.32. The van der Waals surface area contributed by atoms with Gasteiger partial charge in [-0.3, -0.25) is 4.79 Å². The van der Waals surface area contributed by atoms with E-state index in [1.54, 1.807) is 30.3 Å². The molecule has 4 aromatic rings. The van der Waals surface area contributed by atoms with E-state index in [-0.39, 0.29) is 5.52 Å². The van der Waals surface area contributed by atoms with Gasteiger partial charge in [0.2, 0.25) is 0 Å². The van der Waals surface area contributed by atoms with Crippen LogP contribution in [0.4, 0.5) is 0 Å². The van der Waals surface area contributed by atoms with Gasteiger partial charge in [-0.1, -0.05) is 23.7 Å². The second-order valence-electron chi connectivity index (χ2n) is 5.60. The van der Waals surface area contributed by atoms with Gasteiger partial charge in [0.15, 0.2) is 0 Å². The number of para-hydroxylation sites is 1. The van der Waals surface area contributed by atoms with Crippen molar-refractivity contribution in [3.63, 3.8) is 0 Å². The fraction of sp³-hybridized carbons (Fsp3) is 0.0556. The molecule has 0 saturated carbocycles. The van der Waals surface area contributed by atoms with Crippen molar-refractivity contribution in [3.05, 3.63) is 73.9 Å². The molecule has 4 rings (SSSR count). The standard InChI is InChI=1S/C18H13ClN4O3/c1-26-14-5-3-2-4-10(14)9-20-23-17(24)16-15(22-18(23)25)12-8-11(19)6-7-13(12)21-16/h2-9,21H,1H3,(H,22,25)/b20-9-. The van der Waals surface area contributed by atoms with Crippen LogP contribution in [0.15, 0.2) is 57.2 Å². The first-order valence-corrected chi connectivity index (χ1v) is 8.10. The van der Waals surface area contributed by atoms with E-state index in [0.29, 0.717) is 32.8 Å². The summed E-state index contributed by atoms with van der Waals surface area (Å²) in [5, 5.41) is 5.21. The fourth-order valence-electron chi connectivity index (χ4n) is 2.81. The maximum atomic E-state index is 12.7. The maximum Gasteiger partial charge on any atom is 0.350 e. The summed E-state index contributed by atoms with van der Waals surface area (Å²) < 4.78 is 6.00. The molecule has 0 unspecified atom stereocenters. The zero-order valence-electron chi connectivity index (χ0n) is 13.6. The number of rotatable bonds is 3. The van der Waals surface area contributed by atoms with Gasteiger partial charge in [-0.15, -0.1) is 4.68 Å². The summed E-state index contributed by atoms with van der Waals surface area (Å²) in [5.74, 6) is 0.585. The highest BCUT2D eigenvalue weighted by Gasteiger charge is 2.13. The van der Waals surface area contributed by atoms with E-state index >= 15 is 0 Å². The Labute approximate surface area is 151 Å². The van der Waals surface area contributed by atoms with Crippen LogP contribution in [0.1, 0.15) is 5.56 Å². The van der Waals surface area contributed by atoms with Crippen LogP contribution < -0.4 is 16.0 Å². The highest BCUT2D eigenvalue weighted by molar-refractivity contribution is 6.31. The molecule has 0 aliphatic rings. The van der Waals surface area contributed by atoms with Crippen molar-refractivity contribution < 1.29 is 4.74 Å². The van der Waals surface area contributed by atoms with Crippen LogP contribution in [0.3, 0.4) is 0 Å². The Morgan fingerprint density at radius 1 is 1.12 bits per heavy atom. The highest BCUT2D eigenvalue weighted by atomic mass is 35.5. The van der Waals surface area contributed by atoms with Crippen LogP contribution in [0, 0.1) is 0 Å². The molecule has 0 bridgehead atoms. The van der Waals surface area contributed by atoms with Gasteiger partial charge in [0.1, 0.15) is 11.3 Å². The Morgan fingerprint density at radius 2 is 1.92 bits per heavy atom. The zero-order chi connectivity index (χ0) is 18.3. The molecule has 7 nitrogen and oxygen atoms in total. The largest absolute Gasteiger partial charge is 0.496 e. The first-order valence-electron chi connectivity index (χ1n) is 7.72. The Bertz CT molecular complexity index is 1280. The molecule has 130 valence electrons. The first kappa shape index (κ1) is 16.2. The van der Waals surface area contributed by atoms with Gasteiger partial charge in [-0.05, 0) is 30.3 Å². The number of aromatic nitrogens is 3. The number of ether oxygens (including phenoxy) is 1. The number of hydrogen-bond acceptors (Lipinski definition) is 4. The van der Waals surface area contributed by atoms with Gasteiger partial charge in [0, 0.05) is 21.5 Å². The van der Waals surface area contributed by atoms with E-state index in [9.17, 15) is 9.59 Å².